The summed E-state index contributed by atoms with van der Waals surface area (Å²) in [6.07, 6.45) is 0. The van der Waals surface area contributed by atoms with Crippen molar-refractivity contribution in [1.29, 1.82) is 0 Å². The van der Waals surface area contributed by atoms with E-state index in [-0.39, 0.29) is 24.8 Å². The van der Waals surface area contributed by atoms with Crippen molar-refractivity contribution in [1.82, 2.24) is 0 Å². The van der Waals surface area contributed by atoms with Gasteiger partial charge in [-0.2, -0.15) is 8.42 Å². The Morgan fingerprint density at radius 2 is 1.68 bits per heavy atom. The van der Waals surface area contributed by atoms with E-state index in [2.05, 4.69) is 11.9 Å². The van der Waals surface area contributed by atoms with E-state index in [1.54, 1.807) is 43.3 Å². The summed E-state index contributed by atoms with van der Waals surface area (Å²) in [6, 6.07) is 13.1. The zero-order valence-electron chi connectivity index (χ0n) is 15.8. The maximum Gasteiger partial charge on any atom is 0.343 e. The third-order valence-corrected chi connectivity index (χ3v) is 4.87. The highest BCUT2D eigenvalue weighted by atomic mass is 32.2. The van der Waals surface area contributed by atoms with Crippen LogP contribution in [-0.4, -0.2) is 34.3 Å². The molecule has 7 nitrogen and oxygen atoms in total. The molecule has 0 aromatic heterocycles. The first-order chi connectivity index (χ1) is 13.3. The van der Waals surface area contributed by atoms with Crippen LogP contribution in [0.25, 0.3) is 0 Å². The second-order valence-corrected chi connectivity index (χ2v) is 7.60. The SMILES string of the molecule is C=C(C)OC(=O)c1ccc(NCOCCOS(=O)(=O)c2ccc(C)cc2)cc1. The summed E-state index contributed by atoms with van der Waals surface area (Å²) in [4.78, 5) is 11.8. The van der Waals surface area contributed by atoms with E-state index < -0.39 is 16.1 Å². The van der Waals surface area contributed by atoms with Crippen LogP contribution in [0.5, 0.6) is 0 Å². The third kappa shape index (κ3) is 6.80. The van der Waals surface area contributed by atoms with E-state index in [4.69, 9.17) is 13.7 Å². The Morgan fingerprint density at radius 3 is 2.29 bits per heavy atom. The monoisotopic (exact) mass is 405 g/mol. The molecule has 0 radical (unpaired) electrons. The molecule has 2 rings (SSSR count). The molecular weight excluding hydrogens is 382 g/mol. The molecule has 0 fully saturated rings. The van der Waals surface area contributed by atoms with E-state index in [0.717, 1.165) is 11.3 Å². The number of rotatable bonds is 10. The van der Waals surface area contributed by atoms with Gasteiger partial charge in [-0.1, -0.05) is 24.3 Å². The number of ether oxygens (including phenoxy) is 2. The van der Waals surface area contributed by atoms with Crippen molar-refractivity contribution in [3.05, 3.63) is 72.0 Å². The van der Waals surface area contributed by atoms with Crippen molar-refractivity contribution >= 4 is 21.8 Å². The molecule has 0 saturated carbocycles. The number of hydrogen-bond donors (Lipinski definition) is 1. The molecule has 0 heterocycles. The molecule has 0 saturated heterocycles. The van der Waals surface area contributed by atoms with Crippen LogP contribution in [0.1, 0.15) is 22.8 Å². The summed E-state index contributed by atoms with van der Waals surface area (Å²) < 4.78 is 39.2. The standard InChI is InChI=1S/C20H23NO6S/c1-15(2)27-20(22)17-6-8-18(9-7-17)21-14-25-12-13-26-28(23,24)19-10-4-16(3)5-11-19/h4-11,21H,1,12-14H2,2-3H3. The third-order valence-electron chi connectivity index (χ3n) is 3.54. The predicted molar refractivity (Wildman–Crippen MR) is 105 cm³/mol. The molecule has 2 aromatic carbocycles. The van der Waals surface area contributed by atoms with E-state index in [0.29, 0.717) is 11.3 Å². The van der Waals surface area contributed by atoms with Crippen molar-refractivity contribution < 1.29 is 26.9 Å². The average molecular weight is 405 g/mol. The molecule has 0 amide bonds. The largest absolute Gasteiger partial charge is 0.428 e. The minimum absolute atomic E-state index is 0.0937. The summed E-state index contributed by atoms with van der Waals surface area (Å²) in [5.41, 5.74) is 2.11. The van der Waals surface area contributed by atoms with Gasteiger partial charge >= 0.3 is 5.97 Å². The number of aryl methyl sites for hydroxylation is 1. The Morgan fingerprint density at radius 1 is 1.04 bits per heavy atom. The van der Waals surface area contributed by atoms with Crippen molar-refractivity contribution in [3.8, 4) is 0 Å². The van der Waals surface area contributed by atoms with Crippen molar-refractivity contribution in [2.75, 3.05) is 25.3 Å². The van der Waals surface area contributed by atoms with Gasteiger partial charge in [0.1, 0.15) is 6.73 Å². The second kappa shape index (κ2) is 10.0. The van der Waals surface area contributed by atoms with Gasteiger partial charge in [0, 0.05) is 5.69 Å². The van der Waals surface area contributed by atoms with E-state index >= 15 is 0 Å². The molecular formula is C20H23NO6S. The van der Waals surface area contributed by atoms with Crippen LogP contribution in [0, 0.1) is 6.92 Å². The smallest absolute Gasteiger partial charge is 0.343 e. The summed E-state index contributed by atoms with van der Waals surface area (Å²) in [7, 11) is -3.79. The van der Waals surface area contributed by atoms with Crippen LogP contribution in [0.15, 0.2) is 65.8 Å². The summed E-state index contributed by atoms with van der Waals surface area (Å²) in [5.74, 6) is -0.144. The van der Waals surface area contributed by atoms with E-state index in [1.807, 2.05) is 6.92 Å². The number of hydrogen-bond acceptors (Lipinski definition) is 7. The highest BCUT2D eigenvalue weighted by Crippen LogP contribution is 2.13. The van der Waals surface area contributed by atoms with Crippen molar-refractivity contribution in [2.45, 2.75) is 18.7 Å². The highest BCUT2D eigenvalue weighted by Gasteiger charge is 2.14. The Labute approximate surface area is 165 Å². The lowest BCUT2D eigenvalue weighted by molar-refractivity contribution is 0.0628. The molecule has 8 heteroatoms. The Bertz CT molecular complexity index is 905. The van der Waals surface area contributed by atoms with Crippen LogP contribution >= 0.6 is 0 Å². The fraction of sp³-hybridized carbons (Fsp3) is 0.250. The number of nitrogens with one attached hydrogen (secondary N) is 1. The topological polar surface area (TPSA) is 90.9 Å². The normalized spacial score (nSPS) is 11.1. The number of benzene rings is 2. The summed E-state index contributed by atoms with van der Waals surface area (Å²) >= 11 is 0. The zero-order valence-corrected chi connectivity index (χ0v) is 16.6. The van der Waals surface area contributed by atoms with Gasteiger partial charge < -0.3 is 14.8 Å². The second-order valence-electron chi connectivity index (χ2n) is 5.99. The lowest BCUT2D eigenvalue weighted by atomic mass is 10.2. The first-order valence-electron chi connectivity index (χ1n) is 8.53. The minimum atomic E-state index is -3.79. The molecule has 28 heavy (non-hydrogen) atoms. The molecule has 0 bridgehead atoms. The minimum Gasteiger partial charge on any atom is -0.428 e. The first kappa shape index (κ1) is 21.6. The molecule has 0 atom stereocenters. The molecule has 0 aliphatic heterocycles. The Hall–Kier alpha value is -2.68. The highest BCUT2D eigenvalue weighted by molar-refractivity contribution is 7.86. The van der Waals surface area contributed by atoms with Crippen LogP contribution < -0.4 is 5.32 Å². The van der Waals surface area contributed by atoms with E-state index in [1.165, 1.54) is 12.1 Å². The van der Waals surface area contributed by atoms with Crippen LogP contribution in [0.3, 0.4) is 0 Å². The summed E-state index contributed by atoms with van der Waals surface area (Å²) in [5, 5.41) is 2.99. The molecule has 2 aromatic rings. The van der Waals surface area contributed by atoms with Gasteiger partial charge in [-0.15, -0.1) is 0 Å². The van der Waals surface area contributed by atoms with Gasteiger partial charge in [0.25, 0.3) is 10.1 Å². The first-order valence-corrected chi connectivity index (χ1v) is 9.94. The molecule has 0 aliphatic carbocycles. The molecule has 0 unspecified atom stereocenters. The van der Waals surface area contributed by atoms with Gasteiger partial charge in [-0.05, 0) is 50.2 Å². The number of carbonyl (C=O) groups excluding carboxylic acids is 1. The van der Waals surface area contributed by atoms with Crippen molar-refractivity contribution in [3.63, 3.8) is 0 Å². The zero-order chi connectivity index (χ0) is 20.6. The van der Waals surface area contributed by atoms with Gasteiger partial charge in [-0.3, -0.25) is 4.18 Å². The quantitative estimate of drug-likeness (QED) is 0.213. The Balaban J connectivity index is 1.69. The van der Waals surface area contributed by atoms with Crippen molar-refractivity contribution in [2.24, 2.45) is 0 Å². The lowest BCUT2D eigenvalue weighted by Gasteiger charge is -2.09. The average Bonchev–Trinajstić information content (AvgIpc) is 2.65. The fourth-order valence-electron chi connectivity index (χ4n) is 2.12. The maximum absolute atomic E-state index is 12.0. The fourth-order valence-corrected chi connectivity index (χ4v) is 3.02. The van der Waals surface area contributed by atoms with Gasteiger partial charge in [0.15, 0.2) is 0 Å². The maximum atomic E-state index is 12.0. The number of anilines is 1. The number of carbonyl (C=O) groups is 1. The molecule has 0 spiro atoms. The predicted octanol–water partition coefficient (Wildman–Crippen LogP) is 3.48. The van der Waals surface area contributed by atoms with Gasteiger partial charge in [-0.25, -0.2) is 4.79 Å². The van der Waals surface area contributed by atoms with Gasteiger partial charge in [0.2, 0.25) is 0 Å². The number of allylic oxidation sites excluding steroid dienone is 1. The Kier molecular flexibility index (Phi) is 7.74. The lowest BCUT2D eigenvalue weighted by Crippen LogP contribution is -2.14. The molecule has 1 N–H and O–H groups in total. The molecule has 150 valence electrons. The van der Waals surface area contributed by atoms with Crippen LogP contribution in [0.4, 0.5) is 5.69 Å². The number of esters is 1. The van der Waals surface area contributed by atoms with E-state index in [9.17, 15) is 13.2 Å². The summed E-state index contributed by atoms with van der Waals surface area (Å²) in [6.45, 7) is 7.15. The van der Waals surface area contributed by atoms with Crippen LogP contribution in [-0.2, 0) is 23.8 Å². The van der Waals surface area contributed by atoms with Gasteiger partial charge in [0.05, 0.1) is 29.4 Å². The molecule has 0 aliphatic rings. The van der Waals surface area contributed by atoms with Crippen LogP contribution in [0.2, 0.25) is 0 Å².